The summed E-state index contributed by atoms with van der Waals surface area (Å²) in [4.78, 5) is 14.6. The Morgan fingerprint density at radius 1 is 1.33 bits per heavy atom. The molecule has 0 bridgehead atoms. The summed E-state index contributed by atoms with van der Waals surface area (Å²) in [7, 11) is -1.57. The molecule has 1 heterocycles. The minimum absolute atomic E-state index is 0.0571. The van der Waals surface area contributed by atoms with Gasteiger partial charge in [0.15, 0.2) is 0 Å². The third-order valence-corrected chi connectivity index (χ3v) is 6.48. The number of nitrogens with zero attached hydrogens (tertiary/aromatic N) is 1. The number of hydrogen-bond donors (Lipinski definition) is 2. The first-order valence-corrected chi connectivity index (χ1v) is 11.0. The smallest absolute Gasteiger partial charge is 0.251 e. The minimum Gasteiger partial charge on any atom is -0.377 e. The molecule has 8 heteroatoms. The molecular formula is C19H31N3O4S. The van der Waals surface area contributed by atoms with Gasteiger partial charge in [0.25, 0.3) is 5.91 Å². The van der Waals surface area contributed by atoms with E-state index in [2.05, 4.69) is 28.8 Å². The molecule has 1 aliphatic heterocycles. The highest BCUT2D eigenvalue weighted by atomic mass is 32.2. The number of sulfonamides is 1. The van der Waals surface area contributed by atoms with Gasteiger partial charge in [-0.25, -0.2) is 13.1 Å². The minimum atomic E-state index is -3.60. The van der Waals surface area contributed by atoms with E-state index < -0.39 is 10.0 Å². The molecule has 1 aromatic carbocycles. The van der Waals surface area contributed by atoms with Crippen molar-refractivity contribution in [3.63, 3.8) is 0 Å². The summed E-state index contributed by atoms with van der Waals surface area (Å²) in [6.45, 7) is 6.54. The van der Waals surface area contributed by atoms with E-state index in [0.717, 1.165) is 25.8 Å². The Kier molecular flexibility index (Phi) is 8.22. The maximum Gasteiger partial charge on any atom is 0.251 e. The largest absolute Gasteiger partial charge is 0.377 e. The maximum atomic E-state index is 12.3. The van der Waals surface area contributed by atoms with Crippen LogP contribution >= 0.6 is 0 Å². The van der Waals surface area contributed by atoms with E-state index in [1.807, 2.05) is 7.05 Å². The zero-order chi connectivity index (χ0) is 19.9. The summed E-state index contributed by atoms with van der Waals surface area (Å²) in [6.07, 6.45) is 2.83. The average Bonchev–Trinajstić information content (AvgIpc) is 3.19. The zero-order valence-corrected chi connectivity index (χ0v) is 17.2. The van der Waals surface area contributed by atoms with E-state index in [0.29, 0.717) is 24.8 Å². The lowest BCUT2D eigenvalue weighted by Crippen LogP contribution is -2.37. The highest BCUT2D eigenvalue weighted by molar-refractivity contribution is 7.89. The van der Waals surface area contributed by atoms with Gasteiger partial charge in [-0.3, -0.25) is 4.79 Å². The number of carbonyl (C=O) groups excluding carboxylic acids is 1. The number of hydrogen-bond acceptors (Lipinski definition) is 5. The van der Waals surface area contributed by atoms with Gasteiger partial charge in [0.1, 0.15) is 0 Å². The van der Waals surface area contributed by atoms with Crippen LogP contribution < -0.4 is 10.0 Å². The summed E-state index contributed by atoms with van der Waals surface area (Å²) in [5.41, 5.74) is 0.444. The van der Waals surface area contributed by atoms with Crippen LogP contribution in [0, 0.1) is 0 Å². The number of rotatable bonds is 10. The van der Waals surface area contributed by atoms with E-state index in [1.54, 1.807) is 0 Å². The fourth-order valence-electron chi connectivity index (χ4n) is 2.86. The number of carbonyl (C=O) groups is 1. The van der Waals surface area contributed by atoms with Gasteiger partial charge in [-0.15, -0.1) is 0 Å². The first-order valence-electron chi connectivity index (χ1n) is 9.53. The van der Waals surface area contributed by atoms with Crippen LogP contribution in [0.5, 0.6) is 0 Å². The Hall–Kier alpha value is -1.48. The van der Waals surface area contributed by atoms with Gasteiger partial charge < -0.3 is 15.0 Å². The number of likely N-dealkylation sites (N-methyl/N-ethyl adjacent to an activating group) is 1. The normalized spacial score (nSPS) is 18.6. The Morgan fingerprint density at radius 2 is 2.04 bits per heavy atom. The molecule has 27 heavy (non-hydrogen) atoms. The average molecular weight is 398 g/mol. The third-order valence-electron chi connectivity index (χ3n) is 5.05. The van der Waals surface area contributed by atoms with Crippen molar-refractivity contribution >= 4 is 15.9 Å². The zero-order valence-electron chi connectivity index (χ0n) is 16.4. The van der Waals surface area contributed by atoms with Crippen molar-refractivity contribution in [3.8, 4) is 0 Å². The predicted octanol–water partition coefficient (Wildman–Crippen LogP) is 1.60. The van der Waals surface area contributed by atoms with Gasteiger partial charge >= 0.3 is 0 Å². The van der Waals surface area contributed by atoms with Crippen molar-refractivity contribution in [2.24, 2.45) is 0 Å². The summed E-state index contributed by atoms with van der Waals surface area (Å²) >= 11 is 0. The second-order valence-electron chi connectivity index (χ2n) is 7.01. The topological polar surface area (TPSA) is 87.7 Å². The summed E-state index contributed by atoms with van der Waals surface area (Å²) in [6, 6.07) is 6.45. The lowest BCUT2D eigenvalue weighted by atomic mass is 10.2. The highest BCUT2D eigenvalue weighted by Gasteiger charge is 2.20. The fraction of sp³-hybridized carbons (Fsp3) is 0.632. The molecule has 2 atom stereocenters. The van der Waals surface area contributed by atoms with Crippen LogP contribution in [-0.4, -0.2) is 64.7 Å². The van der Waals surface area contributed by atoms with Crippen molar-refractivity contribution < 1.29 is 17.9 Å². The monoisotopic (exact) mass is 397 g/mol. The molecule has 0 aromatic heterocycles. The SMILES string of the molecule is CC[C@@H](C)N(C)CCNC(=O)c1ccc(S(=O)(=O)NC[C@H]2CCCO2)cc1. The van der Waals surface area contributed by atoms with Crippen LogP contribution in [0.4, 0.5) is 0 Å². The van der Waals surface area contributed by atoms with E-state index in [-0.39, 0.29) is 23.5 Å². The quantitative estimate of drug-likeness (QED) is 0.626. The van der Waals surface area contributed by atoms with Crippen LogP contribution in [0.3, 0.4) is 0 Å². The van der Waals surface area contributed by atoms with Gasteiger partial charge in [-0.2, -0.15) is 0 Å². The Labute approximate surface area is 162 Å². The van der Waals surface area contributed by atoms with Gasteiger partial charge in [0, 0.05) is 37.8 Å². The fourth-order valence-corrected chi connectivity index (χ4v) is 3.92. The molecule has 0 aliphatic carbocycles. The Morgan fingerprint density at radius 3 is 2.63 bits per heavy atom. The van der Waals surface area contributed by atoms with Crippen molar-refractivity contribution in [1.29, 1.82) is 0 Å². The van der Waals surface area contributed by atoms with Crippen molar-refractivity contribution in [2.75, 3.05) is 33.3 Å². The molecule has 2 rings (SSSR count). The molecule has 7 nitrogen and oxygen atoms in total. The first kappa shape index (κ1) is 21.8. The number of benzene rings is 1. The lowest BCUT2D eigenvalue weighted by Gasteiger charge is -2.23. The summed E-state index contributed by atoms with van der Waals surface area (Å²) < 4.78 is 32.7. The number of ether oxygens (including phenoxy) is 1. The van der Waals surface area contributed by atoms with Crippen molar-refractivity contribution in [3.05, 3.63) is 29.8 Å². The molecule has 0 radical (unpaired) electrons. The van der Waals surface area contributed by atoms with Crippen molar-refractivity contribution in [1.82, 2.24) is 14.9 Å². The molecule has 0 spiro atoms. The van der Waals surface area contributed by atoms with Crippen molar-refractivity contribution in [2.45, 2.75) is 50.2 Å². The number of nitrogens with one attached hydrogen (secondary N) is 2. The molecule has 1 saturated heterocycles. The third kappa shape index (κ3) is 6.57. The molecular weight excluding hydrogens is 366 g/mol. The highest BCUT2D eigenvalue weighted by Crippen LogP contribution is 2.14. The van der Waals surface area contributed by atoms with E-state index in [9.17, 15) is 13.2 Å². The van der Waals surface area contributed by atoms with Crippen LogP contribution in [0.2, 0.25) is 0 Å². The molecule has 152 valence electrons. The molecule has 0 saturated carbocycles. The van der Waals surface area contributed by atoms with Gasteiger partial charge in [0.2, 0.25) is 10.0 Å². The Balaban J connectivity index is 1.85. The van der Waals surface area contributed by atoms with E-state index in [4.69, 9.17) is 4.74 Å². The first-order chi connectivity index (χ1) is 12.8. The van der Waals surface area contributed by atoms with Crippen LogP contribution in [0.1, 0.15) is 43.5 Å². The van der Waals surface area contributed by atoms with E-state index >= 15 is 0 Å². The van der Waals surface area contributed by atoms with Crippen LogP contribution in [0.15, 0.2) is 29.2 Å². The van der Waals surface area contributed by atoms with Gasteiger partial charge in [0.05, 0.1) is 11.0 Å². The molecule has 2 N–H and O–H groups in total. The molecule has 1 aliphatic rings. The second-order valence-corrected chi connectivity index (χ2v) is 8.77. The van der Waals surface area contributed by atoms with Crippen LogP contribution in [-0.2, 0) is 14.8 Å². The van der Waals surface area contributed by atoms with Gasteiger partial charge in [-0.1, -0.05) is 6.92 Å². The predicted molar refractivity (Wildman–Crippen MR) is 105 cm³/mol. The molecule has 1 fully saturated rings. The maximum absolute atomic E-state index is 12.3. The van der Waals surface area contributed by atoms with Crippen LogP contribution in [0.25, 0.3) is 0 Å². The molecule has 0 unspecified atom stereocenters. The Bertz CT molecular complexity index is 700. The van der Waals surface area contributed by atoms with Gasteiger partial charge in [-0.05, 0) is 57.5 Å². The number of amides is 1. The lowest BCUT2D eigenvalue weighted by molar-refractivity contribution is 0.0947. The van der Waals surface area contributed by atoms with E-state index in [1.165, 1.54) is 24.3 Å². The molecule has 1 amide bonds. The molecule has 1 aromatic rings. The summed E-state index contributed by atoms with van der Waals surface area (Å²) in [5.74, 6) is -0.205. The summed E-state index contributed by atoms with van der Waals surface area (Å²) in [5, 5.41) is 2.87. The second kappa shape index (κ2) is 10.2. The standard InChI is InChI=1S/C19H31N3O4S/c1-4-15(2)22(3)12-11-20-19(23)16-7-9-18(10-8-16)27(24,25)21-14-17-6-5-13-26-17/h7-10,15,17,21H,4-6,11-14H2,1-3H3,(H,20,23)/t15-,17-/m1/s1.